The van der Waals surface area contributed by atoms with E-state index in [-0.39, 0.29) is 6.10 Å². The van der Waals surface area contributed by atoms with Gasteiger partial charge < -0.3 is 9.47 Å². The average Bonchev–Trinajstić information content (AvgIpc) is 2.99. The molecule has 1 aromatic heterocycles. The Kier molecular flexibility index (Phi) is 4.11. The third kappa shape index (κ3) is 2.90. The van der Waals surface area contributed by atoms with Crippen LogP contribution in [0.15, 0.2) is 12.3 Å². The van der Waals surface area contributed by atoms with Crippen LogP contribution in [0.25, 0.3) is 0 Å². The minimum atomic E-state index is 0.159. The van der Waals surface area contributed by atoms with Gasteiger partial charge in [-0.05, 0) is 51.1 Å². The zero-order valence-corrected chi connectivity index (χ0v) is 13.3. The molecule has 0 spiro atoms. The molecule has 0 aromatic carbocycles. The molecule has 3 atom stereocenters. The molecule has 3 aliphatic heterocycles. The summed E-state index contributed by atoms with van der Waals surface area (Å²) in [6.45, 7) is 6.07. The van der Waals surface area contributed by atoms with Crippen LogP contribution in [0.1, 0.15) is 43.3 Å². The van der Waals surface area contributed by atoms with Gasteiger partial charge in [0, 0.05) is 32.0 Å². The number of aromatic nitrogens is 2. The minimum absolute atomic E-state index is 0.159. The normalized spacial score (nSPS) is 33.8. The number of ether oxygens (including phenoxy) is 2. The first kappa shape index (κ1) is 14.5. The molecule has 0 bridgehead atoms. The van der Waals surface area contributed by atoms with E-state index in [9.17, 15) is 0 Å². The van der Waals surface area contributed by atoms with Gasteiger partial charge in [-0.3, -0.25) is 4.90 Å². The second kappa shape index (κ2) is 6.22. The van der Waals surface area contributed by atoms with Crippen LogP contribution >= 0.6 is 0 Å². The largest absolute Gasteiger partial charge is 0.381 e. The van der Waals surface area contributed by atoms with Gasteiger partial charge in [0.2, 0.25) is 0 Å². The Hall–Kier alpha value is -1.04. The molecule has 0 radical (unpaired) electrons. The molecule has 0 amide bonds. The fourth-order valence-electron chi connectivity index (χ4n) is 4.18. The van der Waals surface area contributed by atoms with Crippen molar-refractivity contribution < 1.29 is 9.47 Å². The summed E-state index contributed by atoms with van der Waals surface area (Å²) in [4.78, 5) is 11.4. The van der Waals surface area contributed by atoms with Gasteiger partial charge in [-0.1, -0.05) is 0 Å². The molecule has 3 saturated heterocycles. The van der Waals surface area contributed by atoms with Crippen molar-refractivity contribution in [2.45, 2.75) is 50.9 Å². The predicted octanol–water partition coefficient (Wildman–Crippen LogP) is 2.12. The standard InChI is InChI=1S/C17H25N3O2/c1-12-18-6-2-15(19-12)16-10-13-3-7-20(11-17(13)22-16)14-4-8-21-9-5-14/h2,6,13-14,16-17H,3-5,7-11H2,1H3/t13-,16-,17+/m0/s1. The molecular formula is C17H25N3O2. The molecule has 4 heterocycles. The van der Waals surface area contributed by atoms with Crippen molar-refractivity contribution in [2.24, 2.45) is 5.92 Å². The molecule has 120 valence electrons. The van der Waals surface area contributed by atoms with Gasteiger partial charge in [0.25, 0.3) is 0 Å². The van der Waals surface area contributed by atoms with Crippen molar-refractivity contribution in [3.05, 3.63) is 23.8 Å². The first-order chi connectivity index (χ1) is 10.8. The van der Waals surface area contributed by atoms with Gasteiger partial charge in [-0.2, -0.15) is 0 Å². The summed E-state index contributed by atoms with van der Waals surface area (Å²) < 4.78 is 11.9. The quantitative estimate of drug-likeness (QED) is 0.837. The lowest BCUT2D eigenvalue weighted by Crippen LogP contribution is -2.49. The lowest BCUT2D eigenvalue weighted by Gasteiger charge is -2.40. The molecule has 0 unspecified atom stereocenters. The van der Waals surface area contributed by atoms with E-state index in [1.165, 1.54) is 25.8 Å². The number of piperidine rings is 1. The van der Waals surface area contributed by atoms with Crippen LogP contribution in [0.3, 0.4) is 0 Å². The Bertz CT molecular complexity index is 518. The van der Waals surface area contributed by atoms with Gasteiger partial charge in [0.05, 0.1) is 11.8 Å². The van der Waals surface area contributed by atoms with E-state index >= 15 is 0 Å². The molecule has 3 aliphatic rings. The molecule has 3 fully saturated rings. The van der Waals surface area contributed by atoms with E-state index < -0.39 is 0 Å². The fraction of sp³-hybridized carbons (Fsp3) is 0.765. The zero-order chi connectivity index (χ0) is 14.9. The summed E-state index contributed by atoms with van der Waals surface area (Å²) in [6, 6.07) is 2.70. The van der Waals surface area contributed by atoms with Crippen LogP contribution in [-0.4, -0.2) is 53.3 Å². The van der Waals surface area contributed by atoms with Crippen molar-refractivity contribution in [1.29, 1.82) is 0 Å². The number of likely N-dealkylation sites (tertiary alicyclic amines) is 1. The Morgan fingerprint density at radius 1 is 1.23 bits per heavy atom. The van der Waals surface area contributed by atoms with E-state index in [2.05, 4.69) is 14.9 Å². The molecule has 1 aromatic rings. The Morgan fingerprint density at radius 2 is 2.09 bits per heavy atom. The Labute approximate surface area is 132 Å². The second-order valence-electron chi connectivity index (χ2n) is 6.81. The molecule has 5 nitrogen and oxygen atoms in total. The minimum Gasteiger partial charge on any atom is -0.381 e. The van der Waals surface area contributed by atoms with Crippen LogP contribution in [0.5, 0.6) is 0 Å². The van der Waals surface area contributed by atoms with Gasteiger partial charge in [-0.15, -0.1) is 0 Å². The Balaban J connectivity index is 1.41. The molecule has 0 N–H and O–H groups in total. The van der Waals surface area contributed by atoms with E-state index in [0.29, 0.717) is 18.1 Å². The third-order valence-electron chi connectivity index (χ3n) is 5.42. The summed E-state index contributed by atoms with van der Waals surface area (Å²) in [5, 5.41) is 0. The summed E-state index contributed by atoms with van der Waals surface area (Å²) in [7, 11) is 0. The highest BCUT2D eigenvalue weighted by molar-refractivity contribution is 5.08. The summed E-state index contributed by atoms with van der Waals surface area (Å²) in [5.74, 6) is 1.52. The van der Waals surface area contributed by atoms with E-state index in [1.807, 2.05) is 19.2 Å². The summed E-state index contributed by atoms with van der Waals surface area (Å²) >= 11 is 0. The SMILES string of the molecule is Cc1nccc([C@@H]2C[C@@H]3CCN(C4CCOCC4)C[C@H]3O2)n1. The first-order valence-corrected chi connectivity index (χ1v) is 8.56. The molecule has 22 heavy (non-hydrogen) atoms. The molecule has 5 heteroatoms. The van der Waals surface area contributed by atoms with Crippen LogP contribution in [0, 0.1) is 12.8 Å². The lowest BCUT2D eigenvalue weighted by molar-refractivity contribution is -0.0389. The van der Waals surface area contributed by atoms with Crippen molar-refractivity contribution in [1.82, 2.24) is 14.9 Å². The van der Waals surface area contributed by atoms with Crippen LogP contribution in [0.2, 0.25) is 0 Å². The number of rotatable bonds is 2. The number of aryl methyl sites for hydroxylation is 1. The smallest absolute Gasteiger partial charge is 0.125 e. The van der Waals surface area contributed by atoms with E-state index in [1.54, 1.807) is 0 Å². The molecular weight excluding hydrogens is 278 g/mol. The number of hydrogen-bond donors (Lipinski definition) is 0. The van der Waals surface area contributed by atoms with Crippen LogP contribution in [-0.2, 0) is 9.47 Å². The van der Waals surface area contributed by atoms with Crippen molar-refractivity contribution in [3.8, 4) is 0 Å². The van der Waals surface area contributed by atoms with Gasteiger partial charge in [0.1, 0.15) is 11.9 Å². The maximum Gasteiger partial charge on any atom is 0.125 e. The van der Waals surface area contributed by atoms with E-state index in [0.717, 1.165) is 37.7 Å². The summed E-state index contributed by atoms with van der Waals surface area (Å²) in [6.07, 6.45) is 7.09. The highest BCUT2D eigenvalue weighted by Gasteiger charge is 2.41. The monoisotopic (exact) mass is 303 g/mol. The predicted molar refractivity (Wildman–Crippen MR) is 82.5 cm³/mol. The average molecular weight is 303 g/mol. The lowest BCUT2D eigenvalue weighted by atomic mass is 9.89. The van der Waals surface area contributed by atoms with Crippen LogP contribution in [0.4, 0.5) is 0 Å². The van der Waals surface area contributed by atoms with Crippen molar-refractivity contribution >= 4 is 0 Å². The van der Waals surface area contributed by atoms with Gasteiger partial charge >= 0.3 is 0 Å². The zero-order valence-electron chi connectivity index (χ0n) is 13.3. The summed E-state index contributed by atoms with van der Waals surface area (Å²) in [5.41, 5.74) is 1.06. The number of nitrogens with zero attached hydrogens (tertiary/aromatic N) is 3. The third-order valence-corrected chi connectivity index (χ3v) is 5.42. The topological polar surface area (TPSA) is 47.5 Å². The van der Waals surface area contributed by atoms with Gasteiger partial charge in [-0.25, -0.2) is 9.97 Å². The number of hydrogen-bond acceptors (Lipinski definition) is 5. The second-order valence-corrected chi connectivity index (χ2v) is 6.81. The van der Waals surface area contributed by atoms with Crippen LogP contribution < -0.4 is 0 Å². The maximum atomic E-state index is 6.36. The van der Waals surface area contributed by atoms with Crippen molar-refractivity contribution in [2.75, 3.05) is 26.3 Å². The highest BCUT2D eigenvalue weighted by Crippen LogP contribution is 2.41. The molecule has 0 aliphatic carbocycles. The fourth-order valence-corrected chi connectivity index (χ4v) is 4.18. The number of fused-ring (bicyclic) bond motifs is 1. The van der Waals surface area contributed by atoms with Gasteiger partial charge in [0.15, 0.2) is 0 Å². The first-order valence-electron chi connectivity index (χ1n) is 8.56. The Morgan fingerprint density at radius 3 is 2.91 bits per heavy atom. The van der Waals surface area contributed by atoms with Crippen molar-refractivity contribution in [3.63, 3.8) is 0 Å². The maximum absolute atomic E-state index is 6.36. The highest BCUT2D eigenvalue weighted by atomic mass is 16.5. The molecule has 0 saturated carbocycles. The molecule has 4 rings (SSSR count). The van der Waals surface area contributed by atoms with E-state index in [4.69, 9.17) is 9.47 Å².